The van der Waals surface area contributed by atoms with Crippen molar-refractivity contribution in [2.75, 3.05) is 45.9 Å². The summed E-state index contributed by atoms with van der Waals surface area (Å²) in [4.78, 5) is 2.80. The summed E-state index contributed by atoms with van der Waals surface area (Å²) in [7, 11) is -3.61. The fourth-order valence-corrected chi connectivity index (χ4v) is 8.18. The highest BCUT2D eigenvalue weighted by molar-refractivity contribution is 7.89. The lowest BCUT2D eigenvalue weighted by Crippen LogP contribution is -2.50. The molecule has 3 aliphatic rings. The Morgan fingerprint density at radius 2 is 1.70 bits per heavy atom. The van der Waals surface area contributed by atoms with Crippen LogP contribution in [0.2, 0.25) is 0 Å². The Bertz CT molecular complexity index is 1440. The third-order valence-electron chi connectivity index (χ3n) is 9.03. The van der Waals surface area contributed by atoms with Gasteiger partial charge in [-0.05, 0) is 77.6 Å². The van der Waals surface area contributed by atoms with E-state index in [1.807, 2.05) is 23.0 Å². The van der Waals surface area contributed by atoms with Crippen LogP contribution in [-0.4, -0.2) is 73.3 Å². The maximum atomic E-state index is 13.8. The van der Waals surface area contributed by atoms with Crippen LogP contribution in [0.3, 0.4) is 0 Å². The van der Waals surface area contributed by atoms with E-state index in [-0.39, 0.29) is 23.1 Å². The highest BCUT2D eigenvalue weighted by Gasteiger charge is 2.45. The predicted molar refractivity (Wildman–Crippen MR) is 153 cm³/mol. The number of benzene rings is 2. The van der Waals surface area contributed by atoms with Crippen molar-refractivity contribution < 1.29 is 17.5 Å². The summed E-state index contributed by atoms with van der Waals surface area (Å²) < 4.78 is 50.6. The molecule has 0 radical (unpaired) electrons. The minimum absolute atomic E-state index is 0.0362. The highest BCUT2D eigenvalue weighted by atomic mass is 32.2. The van der Waals surface area contributed by atoms with Crippen LogP contribution in [0, 0.1) is 17.7 Å². The molecule has 3 atom stereocenters. The molecule has 0 N–H and O–H groups in total. The Hall–Kier alpha value is -2.59. The van der Waals surface area contributed by atoms with Gasteiger partial charge in [-0.3, -0.25) is 4.90 Å². The quantitative estimate of drug-likeness (QED) is 0.451. The van der Waals surface area contributed by atoms with Crippen LogP contribution in [0.5, 0.6) is 0 Å². The molecular weight excluding hydrogens is 527 g/mol. The first kappa shape index (κ1) is 27.6. The Morgan fingerprint density at radius 3 is 2.38 bits per heavy atom. The van der Waals surface area contributed by atoms with Crippen molar-refractivity contribution in [3.8, 4) is 5.69 Å². The van der Waals surface area contributed by atoms with Crippen LogP contribution in [-0.2, 0) is 26.6 Å². The SMILES string of the molecule is CC(C)(C)c1ccc(S(=O)(=O)N2CC[C@H]3Cc4c(cnn4-c4ccc(F)cc4)C(CN4CCOCC4)[C@H]3C2)cc1. The smallest absolute Gasteiger partial charge is 0.243 e. The van der Waals surface area contributed by atoms with Gasteiger partial charge in [0.15, 0.2) is 0 Å². The molecule has 214 valence electrons. The van der Waals surface area contributed by atoms with Gasteiger partial charge >= 0.3 is 0 Å². The average molecular weight is 567 g/mol. The fourth-order valence-electron chi connectivity index (χ4n) is 6.68. The van der Waals surface area contributed by atoms with Gasteiger partial charge in [0.05, 0.1) is 30.0 Å². The van der Waals surface area contributed by atoms with Gasteiger partial charge in [0.1, 0.15) is 5.82 Å². The van der Waals surface area contributed by atoms with E-state index in [2.05, 4.69) is 25.7 Å². The number of halogens is 1. The standard InChI is InChI=1S/C31H39FN4O3S/c1-31(2,3)23-4-10-26(11-5-23)40(37,38)35-13-12-22-18-30-27(19-33-36(30)25-8-6-24(32)7-9-25)29(28(22)21-35)20-34-14-16-39-17-15-34/h4-11,19,22,28-29H,12-18,20-21H2,1-3H3/t22-,28-,29?/m0/s1. The van der Waals surface area contributed by atoms with E-state index in [1.54, 1.807) is 28.6 Å². The van der Waals surface area contributed by atoms with Gasteiger partial charge in [0.25, 0.3) is 0 Å². The van der Waals surface area contributed by atoms with Crippen molar-refractivity contribution >= 4 is 10.0 Å². The Kier molecular flexibility index (Phi) is 7.36. The lowest BCUT2D eigenvalue weighted by Gasteiger charge is -2.46. The molecule has 0 bridgehead atoms. The van der Waals surface area contributed by atoms with E-state index in [4.69, 9.17) is 9.84 Å². The molecule has 2 saturated heterocycles. The van der Waals surface area contributed by atoms with Crippen molar-refractivity contribution in [3.05, 3.63) is 77.4 Å². The number of sulfonamides is 1. The van der Waals surface area contributed by atoms with Crippen LogP contribution in [0.15, 0.2) is 59.6 Å². The maximum absolute atomic E-state index is 13.8. The summed E-state index contributed by atoms with van der Waals surface area (Å²) in [6.07, 6.45) is 3.60. The first-order valence-corrected chi connectivity index (χ1v) is 15.8. The number of nitrogens with zero attached hydrogens (tertiary/aromatic N) is 4. The minimum atomic E-state index is -3.61. The molecule has 6 rings (SSSR count). The molecule has 3 heterocycles. The van der Waals surface area contributed by atoms with Crippen LogP contribution in [0.25, 0.3) is 5.69 Å². The topological polar surface area (TPSA) is 67.7 Å². The van der Waals surface area contributed by atoms with Gasteiger partial charge in [-0.15, -0.1) is 0 Å². The summed E-state index contributed by atoms with van der Waals surface area (Å²) in [6.45, 7) is 11.4. The van der Waals surface area contributed by atoms with Crippen molar-refractivity contribution in [3.63, 3.8) is 0 Å². The summed E-state index contributed by atoms with van der Waals surface area (Å²) >= 11 is 0. The van der Waals surface area contributed by atoms with Crippen LogP contribution in [0.4, 0.5) is 4.39 Å². The zero-order chi connectivity index (χ0) is 28.1. The van der Waals surface area contributed by atoms with Gasteiger partial charge < -0.3 is 4.74 Å². The van der Waals surface area contributed by atoms with Crippen molar-refractivity contribution in [2.24, 2.45) is 11.8 Å². The van der Waals surface area contributed by atoms with E-state index in [9.17, 15) is 12.8 Å². The van der Waals surface area contributed by atoms with Gasteiger partial charge in [0, 0.05) is 44.3 Å². The fraction of sp³-hybridized carbons (Fsp3) is 0.516. The molecule has 0 amide bonds. The summed E-state index contributed by atoms with van der Waals surface area (Å²) in [5, 5.41) is 4.76. The van der Waals surface area contributed by atoms with E-state index >= 15 is 0 Å². The zero-order valence-electron chi connectivity index (χ0n) is 23.6. The first-order valence-electron chi connectivity index (χ1n) is 14.3. The molecule has 1 unspecified atom stereocenters. The van der Waals surface area contributed by atoms with Crippen molar-refractivity contribution in [1.82, 2.24) is 19.0 Å². The molecule has 7 nitrogen and oxygen atoms in total. The molecule has 40 heavy (non-hydrogen) atoms. The normalized spacial score (nSPS) is 24.4. The second kappa shape index (κ2) is 10.7. The number of hydrogen-bond donors (Lipinski definition) is 0. The second-order valence-electron chi connectivity index (χ2n) is 12.5. The van der Waals surface area contributed by atoms with Gasteiger partial charge in [-0.1, -0.05) is 32.9 Å². The van der Waals surface area contributed by atoms with E-state index in [0.29, 0.717) is 37.1 Å². The molecule has 2 aliphatic heterocycles. The third kappa shape index (κ3) is 5.24. The first-order chi connectivity index (χ1) is 19.1. The van der Waals surface area contributed by atoms with Gasteiger partial charge in [-0.25, -0.2) is 17.5 Å². The molecular formula is C31H39FN4O3S. The van der Waals surface area contributed by atoms with Crippen LogP contribution >= 0.6 is 0 Å². The molecule has 1 aromatic heterocycles. The van der Waals surface area contributed by atoms with Gasteiger partial charge in [-0.2, -0.15) is 9.40 Å². The van der Waals surface area contributed by atoms with E-state index < -0.39 is 10.0 Å². The molecule has 0 saturated carbocycles. The van der Waals surface area contributed by atoms with E-state index in [0.717, 1.165) is 43.7 Å². The minimum Gasteiger partial charge on any atom is -0.379 e. The number of fused-ring (bicyclic) bond motifs is 2. The molecule has 0 spiro atoms. The highest BCUT2D eigenvalue weighted by Crippen LogP contribution is 2.45. The number of morpholine rings is 1. The second-order valence-corrected chi connectivity index (χ2v) is 14.4. The predicted octanol–water partition coefficient (Wildman–Crippen LogP) is 4.61. The Balaban J connectivity index is 1.31. The molecule has 2 fully saturated rings. The number of aromatic nitrogens is 2. The lowest BCUT2D eigenvalue weighted by atomic mass is 9.68. The van der Waals surface area contributed by atoms with Gasteiger partial charge in [0.2, 0.25) is 10.0 Å². The van der Waals surface area contributed by atoms with Crippen molar-refractivity contribution in [1.29, 1.82) is 0 Å². The Morgan fingerprint density at radius 1 is 1.00 bits per heavy atom. The largest absolute Gasteiger partial charge is 0.379 e. The number of piperidine rings is 1. The number of hydrogen-bond acceptors (Lipinski definition) is 5. The number of rotatable bonds is 5. The lowest BCUT2D eigenvalue weighted by molar-refractivity contribution is 0.0250. The molecule has 2 aromatic carbocycles. The van der Waals surface area contributed by atoms with E-state index in [1.165, 1.54) is 23.4 Å². The van der Waals surface area contributed by atoms with Crippen LogP contribution in [0.1, 0.15) is 49.9 Å². The summed E-state index contributed by atoms with van der Waals surface area (Å²) in [5.74, 6) is 0.432. The third-order valence-corrected chi connectivity index (χ3v) is 10.9. The monoisotopic (exact) mass is 566 g/mol. The number of ether oxygens (including phenoxy) is 1. The zero-order valence-corrected chi connectivity index (χ0v) is 24.4. The molecule has 1 aliphatic carbocycles. The molecule has 3 aromatic rings. The average Bonchev–Trinajstić information content (AvgIpc) is 3.37. The summed E-state index contributed by atoms with van der Waals surface area (Å²) in [6, 6.07) is 13.9. The Labute approximate surface area is 237 Å². The van der Waals surface area contributed by atoms with Crippen molar-refractivity contribution in [2.45, 2.75) is 49.8 Å². The molecule has 9 heteroatoms. The van der Waals surface area contributed by atoms with Crippen LogP contribution < -0.4 is 0 Å². The maximum Gasteiger partial charge on any atom is 0.243 e. The summed E-state index contributed by atoms with van der Waals surface area (Å²) in [5.41, 5.74) is 4.29.